The Bertz CT molecular complexity index is 943. The number of hydrogen-bond donors (Lipinski definition) is 2. The van der Waals surface area contributed by atoms with E-state index in [9.17, 15) is 14.0 Å². The van der Waals surface area contributed by atoms with Gasteiger partial charge in [-0.15, -0.1) is 0 Å². The van der Waals surface area contributed by atoms with Gasteiger partial charge in [0.2, 0.25) is 5.91 Å². The monoisotopic (exact) mass is 418 g/mol. The second-order valence-electron chi connectivity index (χ2n) is 7.45. The van der Waals surface area contributed by atoms with Crippen LogP contribution >= 0.6 is 0 Å². The van der Waals surface area contributed by atoms with Crippen molar-refractivity contribution in [3.63, 3.8) is 0 Å². The van der Waals surface area contributed by atoms with E-state index >= 15 is 0 Å². The van der Waals surface area contributed by atoms with Gasteiger partial charge in [-0.2, -0.15) is 5.10 Å². The molecule has 8 nitrogen and oxygen atoms in total. The Morgan fingerprint density at radius 3 is 2.67 bits per heavy atom. The maximum absolute atomic E-state index is 14.5. The average Bonchev–Trinajstić information content (AvgIpc) is 3.15. The molecule has 0 spiro atoms. The maximum Gasteiger partial charge on any atom is 0.255 e. The average molecular weight is 418 g/mol. The summed E-state index contributed by atoms with van der Waals surface area (Å²) in [5.74, 6) is 0.0288. The molecular weight excluding hydrogens is 391 g/mol. The summed E-state index contributed by atoms with van der Waals surface area (Å²) in [6.07, 6.45) is 3.06. The zero-order valence-corrected chi connectivity index (χ0v) is 17.6. The molecular formula is C21H27FN4O4. The largest absolute Gasteiger partial charge is 0.493 e. The van der Waals surface area contributed by atoms with E-state index in [2.05, 4.69) is 15.7 Å². The molecule has 9 heteroatoms. The maximum atomic E-state index is 14.5. The van der Waals surface area contributed by atoms with E-state index in [0.29, 0.717) is 36.4 Å². The Balaban J connectivity index is 1.75. The third-order valence-corrected chi connectivity index (χ3v) is 5.38. The molecule has 2 amide bonds. The molecule has 2 heterocycles. The molecule has 0 bridgehead atoms. The first-order chi connectivity index (χ1) is 14.3. The summed E-state index contributed by atoms with van der Waals surface area (Å²) >= 11 is 0. The number of carbonyl (C=O) groups is 2. The molecule has 0 saturated heterocycles. The molecule has 1 aliphatic heterocycles. The predicted molar refractivity (Wildman–Crippen MR) is 108 cm³/mol. The van der Waals surface area contributed by atoms with E-state index in [1.807, 2.05) is 4.68 Å². The van der Waals surface area contributed by atoms with Gasteiger partial charge in [0.1, 0.15) is 5.82 Å². The quantitative estimate of drug-likeness (QED) is 0.719. The van der Waals surface area contributed by atoms with Crippen molar-refractivity contribution < 1.29 is 23.5 Å². The highest BCUT2D eigenvalue weighted by Crippen LogP contribution is 2.32. The van der Waals surface area contributed by atoms with E-state index in [4.69, 9.17) is 9.47 Å². The highest BCUT2D eigenvalue weighted by molar-refractivity contribution is 5.95. The van der Waals surface area contributed by atoms with Gasteiger partial charge in [-0.05, 0) is 31.7 Å². The van der Waals surface area contributed by atoms with Crippen LogP contribution in [0.4, 0.5) is 4.39 Å². The first-order valence-electron chi connectivity index (χ1n) is 9.85. The fourth-order valence-electron chi connectivity index (χ4n) is 3.70. The Labute approximate surface area is 174 Å². The molecule has 0 unspecified atom stereocenters. The molecule has 2 atom stereocenters. The van der Waals surface area contributed by atoms with Crippen LogP contribution in [0.2, 0.25) is 0 Å². The number of methoxy groups -OCH3 is 2. The standard InChI is InChI=1S/C21H27FN4O4/c1-12(15-8-19(29-3)20(30-4)9-17(15)22)25-21(28)16-11-24-26-6-5-14(7-18(16)26)10-23-13(2)27/h8-9,11-12,14H,5-7,10H2,1-4H3,(H,23,27)(H,25,28)/t12-,14-/m0/s1. The number of amides is 2. The number of aromatic nitrogens is 2. The molecule has 162 valence electrons. The Hall–Kier alpha value is -3.10. The van der Waals surface area contributed by atoms with Crippen LogP contribution in [0.5, 0.6) is 11.5 Å². The van der Waals surface area contributed by atoms with Crippen LogP contribution in [-0.2, 0) is 17.8 Å². The highest BCUT2D eigenvalue weighted by Gasteiger charge is 2.26. The predicted octanol–water partition coefficient (Wildman–Crippen LogP) is 2.23. The fraction of sp³-hybridized carbons (Fsp3) is 0.476. The first kappa shape index (κ1) is 21.6. The smallest absolute Gasteiger partial charge is 0.255 e. The third-order valence-electron chi connectivity index (χ3n) is 5.38. The van der Waals surface area contributed by atoms with Gasteiger partial charge in [0, 0.05) is 31.6 Å². The van der Waals surface area contributed by atoms with Gasteiger partial charge in [0.05, 0.1) is 37.7 Å². The van der Waals surface area contributed by atoms with Gasteiger partial charge in [-0.3, -0.25) is 14.3 Å². The van der Waals surface area contributed by atoms with Crippen molar-refractivity contribution in [2.24, 2.45) is 5.92 Å². The topological polar surface area (TPSA) is 94.5 Å². The number of fused-ring (bicyclic) bond motifs is 1. The number of halogens is 1. The van der Waals surface area contributed by atoms with Crippen LogP contribution in [0.1, 0.15) is 47.9 Å². The minimum Gasteiger partial charge on any atom is -0.493 e. The highest BCUT2D eigenvalue weighted by atomic mass is 19.1. The van der Waals surface area contributed by atoms with Crippen LogP contribution in [0.3, 0.4) is 0 Å². The number of rotatable bonds is 7. The van der Waals surface area contributed by atoms with Crippen LogP contribution in [-0.4, -0.2) is 42.4 Å². The SMILES string of the molecule is COc1cc(F)c([C@H](C)NC(=O)c2cnn3c2C[C@@H](CNC(C)=O)CC3)cc1OC. The molecule has 1 aliphatic rings. The van der Waals surface area contributed by atoms with Gasteiger partial charge in [-0.25, -0.2) is 4.39 Å². The van der Waals surface area contributed by atoms with E-state index in [-0.39, 0.29) is 23.5 Å². The van der Waals surface area contributed by atoms with Crippen molar-refractivity contribution in [1.82, 2.24) is 20.4 Å². The molecule has 3 rings (SSSR count). The van der Waals surface area contributed by atoms with Crippen LogP contribution in [0.15, 0.2) is 18.3 Å². The van der Waals surface area contributed by atoms with Crippen LogP contribution in [0.25, 0.3) is 0 Å². The number of ether oxygens (including phenoxy) is 2. The van der Waals surface area contributed by atoms with Gasteiger partial charge in [0.15, 0.2) is 11.5 Å². The second-order valence-corrected chi connectivity index (χ2v) is 7.45. The zero-order valence-electron chi connectivity index (χ0n) is 17.6. The number of carbonyl (C=O) groups excluding carboxylic acids is 2. The van der Waals surface area contributed by atoms with Crippen molar-refractivity contribution >= 4 is 11.8 Å². The zero-order chi connectivity index (χ0) is 21.8. The number of nitrogens with one attached hydrogen (secondary N) is 2. The van der Waals surface area contributed by atoms with Gasteiger partial charge >= 0.3 is 0 Å². The fourth-order valence-corrected chi connectivity index (χ4v) is 3.70. The van der Waals surface area contributed by atoms with Crippen LogP contribution in [0, 0.1) is 11.7 Å². The van der Waals surface area contributed by atoms with E-state index < -0.39 is 11.9 Å². The summed E-state index contributed by atoms with van der Waals surface area (Å²) in [5.41, 5.74) is 1.59. The third kappa shape index (κ3) is 4.55. The molecule has 0 aliphatic carbocycles. The van der Waals surface area contributed by atoms with Gasteiger partial charge in [0.25, 0.3) is 5.91 Å². The molecule has 1 aromatic carbocycles. The summed E-state index contributed by atoms with van der Waals surface area (Å²) in [6.45, 7) is 4.44. The van der Waals surface area contributed by atoms with Crippen molar-refractivity contribution in [2.45, 2.75) is 39.3 Å². The number of nitrogens with zero attached hydrogens (tertiary/aromatic N) is 2. The molecule has 2 N–H and O–H groups in total. The lowest BCUT2D eigenvalue weighted by molar-refractivity contribution is -0.119. The lowest BCUT2D eigenvalue weighted by atomic mass is 9.94. The van der Waals surface area contributed by atoms with Crippen molar-refractivity contribution in [3.05, 3.63) is 41.0 Å². The van der Waals surface area contributed by atoms with Crippen LogP contribution < -0.4 is 20.1 Å². The summed E-state index contributed by atoms with van der Waals surface area (Å²) in [7, 11) is 2.91. The minimum atomic E-state index is -0.591. The summed E-state index contributed by atoms with van der Waals surface area (Å²) in [6, 6.07) is 2.17. The minimum absolute atomic E-state index is 0.0715. The van der Waals surface area contributed by atoms with Crippen molar-refractivity contribution in [2.75, 3.05) is 20.8 Å². The van der Waals surface area contributed by atoms with Gasteiger partial charge in [-0.1, -0.05) is 0 Å². The Morgan fingerprint density at radius 1 is 1.30 bits per heavy atom. The lowest BCUT2D eigenvalue weighted by Gasteiger charge is -2.24. The number of benzene rings is 1. The Morgan fingerprint density at radius 2 is 2.00 bits per heavy atom. The molecule has 0 radical (unpaired) electrons. The molecule has 0 fully saturated rings. The molecule has 30 heavy (non-hydrogen) atoms. The van der Waals surface area contributed by atoms with E-state index in [1.165, 1.54) is 33.3 Å². The summed E-state index contributed by atoms with van der Waals surface area (Å²) in [4.78, 5) is 24.1. The molecule has 2 aromatic rings. The summed E-state index contributed by atoms with van der Waals surface area (Å²) in [5, 5.41) is 9.99. The van der Waals surface area contributed by atoms with Gasteiger partial charge < -0.3 is 20.1 Å². The van der Waals surface area contributed by atoms with Crippen molar-refractivity contribution in [3.8, 4) is 11.5 Å². The normalized spacial score (nSPS) is 16.4. The van der Waals surface area contributed by atoms with E-state index in [1.54, 1.807) is 13.1 Å². The molecule has 0 saturated carbocycles. The number of aryl methyl sites for hydroxylation is 1. The second kappa shape index (κ2) is 9.15. The molecule has 1 aromatic heterocycles. The van der Waals surface area contributed by atoms with E-state index in [0.717, 1.165) is 12.1 Å². The number of hydrogen-bond acceptors (Lipinski definition) is 5. The lowest BCUT2D eigenvalue weighted by Crippen LogP contribution is -2.33. The van der Waals surface area contributed by atoms with Crippen molar-refractivity contribution in [1.29, 1.82) is 0 Å². The first-order valence-corrected chi connectivity index (χ1v) is 9.85. The Kier molecular flexibility index (Phi) is 6.59. The summed E-state index contributed by atoms with van der Waals surface area (Å²) < 4.78 is 26.7.